The van der Waals surface area contributed by atoms with Gasteiger partial charge in [-0.1, -0.05) is 0 Å². The number of carbonyl (C=O) groups excluding carboxylic acids is 1. The molecule has 18 heavy (non-hydrogen) atoms. The maximum atomic E-state index is 13.1. The number of rotatable bonds is 1. The van der Waals surface area contributed by atoms with Gasteiger partial charge in [-0.3, -0.25) is 4.79 Å². The fraction of sp³-hybridized carbons (Fsp3) is 0.222. The fourth-order valence-electron chi connectivity index (χ4n) is 1.09. The lowest BCUT2D eigenvalue weighted by Crippen LogP contribution is -2.23. The van der Waals surface area contributed by atoms with Crippen molar-refractivity contribution in [1.82, 2.24) is 0 Å². The first-order chi connectivity index (χ1) is 7.94. The zero-order chi connectivity index (χ0) is 14.3. The molecule has 0 saturated heterocycles. The molecule has 0 heterocycles. The van der Waals surface area contributed by atoms with E-state index in [1.165, 1.54) is 0 Å². The van der Waals surface area contributed by atoms with Crippen molar-refractivity contribution < 1.29 is 35.5 Å². The molecule has 0 atom stereocenters. The zero-order valence-corrected chi connectivity index (χ0v) is 9.67. The Morgan fingerprint density at radius 3 is 1.94 bits per heavy atom. The molecule has 0 spiro atoms. The molecule has 0 saturated carbocycles. The van der Waals surface area contributed by atoms with Gasteiger partial charge in [0.25, 0.3) is 5.78 Å². The van der Waals surface area contributed by atoms with E-state index in [2.05, 4.69) is 15.9 Å². The van der Waals surface area contributed by atoms with Crippen molar-refractivity contribution in [3.63, 3.8) is 0 Å². The third-order valence-electron chi connectivity index (χ3n) is 1.85. The number of halogens is 8. The summed E-state index contributed by atoms with van der Waals surface area (Å²) in [5.74, 6) is -4.25. The lowest BCUT2D eigenvalue weighted by atomic mass is 10.1. The Bertz CT molecular complexity index is 489. The Kier molecular flexibility index (Phi) is 3.75. The van der Waals surface area contributed by atoms with Crippen molar-refractivity contribution in [2.75, 3.05) is 0 Å². The van der Waals surface area contributed by atoms with Gasteiger partial charge in [0.15, 0.2) is 0 Å². The SMILES string of the molecule is O=C(c1cc(Br)c(F)c(C(F)(F)F)c1)C(F)(F)F. The lowest BCUT2D eigenvalue weighted by molar-refractivity contribution is -0.140. The first-order valence-corrected chi connectivity index (χ1v) is 4.91. The third-order valence-corrected chi connectivity index (χ3v) is 2.43. The van der Waals surface area contributed by atoms with Crippen LogP contribution >= 0.6 is 15.9 Å². The predicted octanol–water partition coefficient (Wildman–Crippen LogP) is 4.35. The van der Waals surface area contributed by atoms with Crippen LogP contribution in [0.4, 0.5) is 30.7 Å². The number of Topliss-reactive ketones (excluding diaryl/α,β-unsaturated/α-hetero) is 1. The molecular formula is C9H2BrF7O. The smallest absolute Gasteiger partial charge is 0.284 e. The standard InChI is InChI=1S/C9H2BrF7O/c10-5-2-3(7(18)9(15,16)17)1-4(6(5)11)8(12,13)14/h1-2H. The minimum absolute atomic E-state index is 0.171. The molecule has 0 fully saturated rings. The summed E-state index contributed by atoms with van der Waals surface area (Å²) in [5.41, 5.74) is -3.23. The van der Waals surface area contributed by atoms with Gasteiger partial charge < -0.3 is 0 Å². The second kappa shape index (κ2) is 4.52. The Morgan fingerprint density at radius 1 is 1.06 bits per heavy atom. The highest BCUT2D eigenvalue weighted by atomic mass is 79.9. The first-order valence-electron chi connectivity index (χ1n) is 4.12. The van der Waals surface area contributed by atoms with Crippen LogP contribution in [0.1, 0.15) is 15.9 Å². The lowest BCUT2D eigenvalue weighted by Gasteiger charge is -2.12. The quantitative estimate of drug-likeness (QED) is 0.549. The van der Waals surface area contributed by atoms with Gasteiger partial charge in [0.2, 0.25) is 0 Å². The summed E-state index contributed by atoms with van der Waals surface area (Å²) in [5, 5.41) is 0. The van der Waals surface area contributed by atoms with Crippen molar-refractivity contribution in [3.8, 4) is 0 Å². The third kappa shape index (κ3) is 3.01. The topological polar surface area (TPSA) is 17.1 Å². The van der Waals surface area contributed by atoms with Gasteiger partial charge in [-0.15, -0.1) is 0 Å². The van der Waals surface area contributed by atoms with E-state index < -0.39 is 39.6 Å². The summed E-state index contributed by atoms with van der Waals surface area (Å²) in [7, 11) is 0. The molecule has 0 N–H and O–H groups in total. The normalized spacial score (nSPS) is 12.7. The van der Waals surface area contributed by atoms with Gasteiger partial charge in [-0.25, -0.2) is 4.39 Å². The molecule has 0 aromatic heterocycles. The van der Waals surface area contributed by atoms with E-state index in [1.54, 1.807) is 0 Å². The van der Waals surface area contributed by atoms with Gasteiger partial charge in [0, 0.05) is 5.56 Å². The van der Waals surface area contributed by atoms with Gasteiger partial charge in [0.1, 0.15) is 5.82 Å². The van der Waals surface area contributed by atoms with Crippen LogP contribution in [-0.4, -0.2) is 12.0 Å². The largest absolute Gasteiger partial charge is 0.454 e. The molecular weight excluding hydrogens is 337 g/mol. The Hall–Kier alpha value is -1.12. The van der Waals surface area contributed by atoms with E-state index in [0.29, 0.717) is 6.07 Å². The summed E-state index contributed by atoms with van der Waals surface area (Å²) in [4.78, 5) is 10.8. The van der Waals surface area contributed by atoms with E-state index in [1.807, 2.05) is 0 Å². The van der Waals surface area contributed by atoms with Gasteiger partial charge in [0.05, 0.1) is 10.0 Å². The summed E-state index contributed by atoms with van der Waals surface area (Å²) < 4.78 is 85.3. The molecule has 1 nitrogen and oxygen atoms in total. The van der Waals surface area contributed by atoms with E-state index in [9.17, 15) is 35.5 Å². The van der Waals surface area contributed by atoms with Crippen LogP contribution in [-0.2, 0) is 6.18 Å². The van der Waals surface area contributed by atoms with Gasteiger partial charge in [-0.2, -0.15) is 26.3 Å². The molecule has 0 aliphatic heterocycles. The Labute approximate surface area is 104 Å². The minimum atomic E-state index is -5.33. The summed E-state index contributed by atoms with van der Waals surface area (Å²) in [6.07, 6.45) is -10.5. The Balaban J connectivity index is 3.43. The molecule has 0 aliphatic carbocycles. The van der Waals surface area contributed by atoms with Gasteiger partial charge >= 0.3 is 12.4 Å². The number of carbonyl (C=O) groups is 1. The van der Waals surface area contributed by atoms with Crippen molar-refractivity contribution in [2.45, 2.75) is 12.4 Å². The highest BCUT2D eigenvalue weighted by molar-refractivity contribution is 9.10. The van der Waals surface area contributed by atoms with E-state index in [-0.39, 0.29) is 6.07 Å². The summed E-state index contributed by atoms with van der Waals surface area (Å²) in [6, 6.07) is 0.177. The number of hydrogen-bond acceptors (Lipinski definition) is 1. The monoisotopic (exact) mass is 338 g/mol. The van der Waals surface area contributed by atoms with E-state index in [4.69, 9.17) is 0 Å². The molecule has 100 valence electrons. The van der Waals surface area contributed by atoms with Crippen LogP contribution in [0.3, 0.4) is 0 Å². The van der Waals surface area contributed by atoms with Crippen molar-refractivity contribution in [1.29, 1.82) is 0 Å². The summed E-state index contributed by atoms with van der Waals surface area (Å²) >= 11 is 2.33. The number of ketones is 1. The highest BCUT2D eigenvalue weighted by Crippen LogP contribution is 2.36. The second-order valence-corrected chi connectivity index (χ2v) is 4.00. The van der Waals surface area contributed by atoms with Crippen molar-refractivity contribution in [2.24, 2.45) is 0 Å². The predicted molar refractivity (Wildman–Crippen MR) is 49.5 cm³/mol. The molecule has 9 heteroatoms. The zero-order valence-electron chi connectivity index (χ0n) is 8.09. The average Bonchev–Trinajstić information content (AvgIpc) is 2.17. The van der Waals surface area contributed by atoms with Crippen molar-refractivity contribution in [3.05, 3.63) is 33.5 Å². The number of alkyl halides is 6. The maximum absolute atomic E-state index is 13.1. The van der Waals surface area contributed by atoms with Crippen LogP contribution in [0.15, 0.2) is 16.6 Å². The molecule has 0 unspecified atom stereocenters. The van der Waals surface area contributed by atoms with Crippen molar-refractivity contribution >= 4 is 21.7 Å². The molecule has 1 aromatic rings. The van der Waals surface area contributed by atoms with Gasteiger partial charge in [-0.05, 0) is 28.1 Å². The highest BCUT2D eigenvalue weighted by Gasteiger charge is 2.42. The number of benzene rings is 1. The minimum Gasteiger partial charge on any atom is -0.284 e. The van der Waals surface area contributed by atoms with Crippen LogP contribution < -0.4 is 0 Å². The second-order valence-electron chi connectivity index (χ2n) is 3.14. The van der Waals surface area contributed by atoms with Crippen LogP contribution in [0.2, 0.25) is 0 Å². The first kappa shape index (κ1) is 14.9. The average molecular weight is 339 g/mol. The van der Waals surface area contributed by atoms with E-state index in [0.717, 1.165) is 0 Å². The Morgan fingerprint density at radius 2 is 1.56 bits per heavy atom. The number of hydrogen-bond donors (Lipinski definition) is 0. The fourth-order valence-corrected chi connectivity index (χ4v) is 1.55. The maximum Gasteiger partial charge on any atom is 0.454 e. The molecule has 0 radical (unpaired) electrons. The van der Waals surface area contributed by atoms with E-state index >= 15 is 0 Å². The van der Waals surface area contributed by atoms with Crippen LogP contribution in [0, 0.1) is 5.82 Å². The molecule has 0 amide bonds. The molecule has 1 rings (SSSR count). The molecule has 0 bridgehead atoms. The summed E-state index contributed by atoms with van der Waals surface area (Å²) in [6.45, 7) is 0. The van der Waals surface area contributed by atoms with Crippen LogP contribution in [0.5, 0.6) is 0 Å². The molecule has 0 aliphatic rings. The molecule has 1 aromatic carbocycles. The van der Waals surface area contributed by atoms with Crippen LogP contribution in [0.25, 0.3) is 0 Å².